The van der Waals surface area contributed by atoms with E-state index in [1.54, 1.807) is 0 Å². The molecule has 0 nitrogen and oxygen atoms in total. The molecule has 3 rings (SSSR count). The summed E-state index contributed by atoms with van der Waals surface area (Å²) in [5.74, 6) is 0. The minimum atomic E-state index is 0.760. The third kappa shape index (κ3) is 2.16. The zero-order valence-electron chi connectivity index (χ0n) is 10.4. The van der Waals surface area contributed by atoms with Crippen molar-refractivity contribution in [1.29, 1.82) is 0 Å². The summed E-state index contributed by atoms with van der Waals surface area (Å²) >= 11 is 5.95. The maximum absolute atomic E-state index is 5.95. The molecule has 0 saturated heterocycles. The second-order valence-electron chi connectivity index (χ2n) is 4.46. The van der Waals surface area contributed by atoms with E-state index >= 15 is 0 Å². The first-order valence-corrected chi connectivity index (χ1v) is 6.57. The molecule has 0 saturated carbocycles. The first-order chi connectivity index (χ1) is 9.29. The highest BCUT2D eigenvalue weighted by Crippen LogP contribution is 2.31. The lowest BCUT2D eigenvalue weighted by atomic mass is 9.95. The standard InChI is InChI=1S/C18H13Cl/c1-2-13-9-12-17(14-7-10-15(19)11-8-14)18-6-4-3-5-16(13)18/h2-12H,1H2. The Bertz CT molecular complexity index is 739. The summed E-state index contributed by atoms with van der Waals surface area (Å²) in [6.07, 6.45) is 1.90. The molecule has 0 atom stereocenters. The van der Waals surface area contributed by atoms with E-state index in [4.69, 9.17) is 11.6 Å². The molecule has 0 spiro atoms. The van der Waals surface area contributed by atoms with Crippen molar-refractivity contribution in [2.45, 2.75) is 0 Å². The molecule has 0 aliphatic rings. The SMILES string of the molecule is C=Cc1ccc(-c2ccc(Cl)cc2)c2ccccc12. The first-order valence-electron chi connectivity index (χ1n) is 6.20. The van der Waals surface area contributed by atoms with Crippen LogP contribution in [0.1, 0.15) is 5.56 Å². The Morgan fingerprint density at radius 2 is 1.47 bits per heavy atom. The second-order valence-corrected chi connectivity index (χ2v) is 4.90. The van der Waals surface area contributed by atoms with Crippen molar-refractivity contribution in [3.63, 3.8) is 0 Å². The van der Waals surface area contributed by atoms with Crippen LogP contribution in [0.5, 0.6) is 0 Å². The second kappa shape index (κ2) is 4.91. The van der Waals surface area contributed by atoms with Crippen LogP contribution in [0.3, 0.4) is 0 Å². The summed E-state index contributed by atoms with van der Waals surface area (Å²) < 4.78 is 0. The van der Waals surface area contributed by atoms with Gasteiger partial charge in [-0.15, -0.1) is 0 Å². The van der Waals surface area contributed by atoms with Crippen LogP contribution in [0.15, 0.2) is 67.2 Å². The Morgan fingerprint density at radius 1 is 0.789 bits per heavy atom. The van der Waals surface area contributed by atoms with Crippen molar-refractivity contribution in [3.8, 4) is 11.1 Å². The van der Waals surface area contributed by atoms with Gasteiger partial charge in [-0.1, -0.05) is 72.8 Å². The van der Waals surface area contributed by atoms with Gasteiger partial charge in [-0.2, -0.15) is 0 Å². The third-order valence-corrected chi connectivity index (χ3v) is 3.58. The van der Waals surface area contributed by atoms with E-state index in [-0.39, 0.29) is 0 Å². The molecule has 0 bridgehead atoms. The third-order valence-electron chi connectivity index (χ3n) is 3.33. The number of benzene rings is 3. The topological polar surface area (TPSA) is 0 Å². The van der Waals surface area contributed by atoms with E-state index in [2.05, 4.69) is 55.1 Å². The number of hydrogen-bond acceptors (Lipinski definition) is 0. The maximum atomic E-state index is 5.95. The van der Waals surface area contributed by atoms with Crippen molar-refractivity contribution >= 4 is 28.4 Å². The van der Waals surface area contributed by atoms with Gasteiger partial charge in [-0.25, -0.2) is 0 Å². The van der Waals surface area contributed by atoms with Crippen LogP contribution in [0, 0.1) is 0 Å². The van der Waals surface area contributed by atoms with Gasteiger partial charge < -0.3 is 0 Å². The van der Waals surface area contributed by atoms with Gasteiger partial charge in [-0.05, 0) is 39.6 Å². The number of fused-ring (bicyclic) bond motifs is 1. The Labute approximate surface area is 118 Å². The van der Waals surface area contributed by atoms with E-state index in [1.165, 1.54) is 21.9 Å². The Balaban J connectivity index is 2.30. The Kier molecular flexibility index (Phi) is 3.10. The van der Waals surface area contributed by atoms with Crippen molar-refractivity contribution in [1.82, 2.24) is 0 Å². The zero-order valence-corrected chi connectivity index (χ0v) is 11.2. The number of rotatable bonds is 2. The van der Waals surface area contributed by atoms with Gasteiger partial charge >= 0.3 is 0 Å². The summed E-state index contributed by atoms with van der Waals surface area (Å²) in [5.41, 5.74) is 3.56. The lowest BCUT2D eigenvalue weighted by Crippen LogP contribution is -1.84. The van der Waals surface area contributed by atoms with Crippen molar-refractivity contribution < 1.29 is 0 Å². The van der Waals surface area contributed by atoms with E-state index in [0.29, 0.717) is 0 Å². The normalized spacial score (nSPS) is 10.6. The lowest BCUT2D eigenvalue weighted by molar-refractivity contribution is 1.64. The van der Waals surface area contributed by atoms with Crippen LogP contribution >= 0.6 is 11.6 Å². The molecule has 0 aromatic heterocycles. The van der Waals surface area contributed by atoms with Crippen LogP contribution in [-0.2, 0) is 0 Å². The average molecular weight is 265 g/mol. The highest BCUT2D eigenvalue weighted by Gasteiger charge is 2.05. The Morgan fingerprint density at radius 3 is 2.16 bits per heavy atom. The Hall–Kier alpha value is -2.05. The fraction of sp³-hybridized carbons (Fsp3) is 0. The number of halogens is 1. The van der Waals surface area contributed by atoms with Crippen LogP contribution in [0.2, 0.25) is 5.02 Å². The van der Waals surface area contributed by atoms with Gasteiger partial charge in [0, 0.05) is 5.02 Å². The predicted octanol–water partition coefficient (Wildman–Crippen LogP) is 5.80. The number of hydrogen-bond donors (Lipinski definition) is 0. The van der Waals surface area contributed by atoms with Crippen LogP contribution in [0.4, 0.5) is 0 Å². The fourth-order valence-corrected chi connectivity index (χ4v) is 2.51. The molecule has 1 heteroatoms. The molecular formula is C18H13Cl. The molecule has 0 amide bonds. The molecule has 0 heterocycles. The van der Waals surface area contributed by atoms with Crippen molar-refractivity contribution in [2.75, 3.05) is 0 Å². The van der Waals surface area contributed by atoms with Crippen molar-refractivity contribution in [3.05, 3.63) is 77.8 Å². The predicted molar refractivity (Wildman–Crippen MR) is 84.5 cm³/mol. The van der Waals surface area contributed by atoms with Gasteiger partial charge in [0.15, 0.2) is 0 Å². The molecule has 0 aliphatic heterocycles. The van der Waals surface area contributed by atoms with E-state index in [9.17, 15) is 0 Å². The van der Waals surface area contributed by atoms with Gasteiger partial charge in [-0.3, -0.25) is 0 Å². The molecule has 0 fully saturated rings. The molecule has 3 aromatic rings. The maximum Gasteiger partial charge on any atom is 0.0406 e. The van der Waals surface area contributed by atoms with Gasteiger partial charge in [0.1, 0.15) is 0 Å². The summed E-state index contributed by atoms with van der Waals surface area (Å²) in [6, 6.07) is 20.6. The van der Waals surface area contributed by atoms with Crippen molar-refractivity contribution in [2.24, 2.45) is 0 Å². The highest BCUT2D eigenvalue weighted by molar-refractivity contribution is 6.30. The molecule has 0 radical (unpaired) electrons. The molecule has 92 valence electrons. The van der Waals surface area contributed by atoms with Gasteiger partial charge in [0.25, 0.3) is 0 Å². The smallest absolute Gasteiger partial charge is 0.0406 e. The quantitative estimate of drug-likeness (QED) is 0.548. The summed E-state index contributed by atoms with van der Waals surface area (Å²) in [7, 11) is 0. The van der Waals surface area contributed by atoms with E-state index < -0.39 is 0 Å². The monoisotopic (exact) mass is 264 g/mol. The molecule has 19 heavy (non-hydrogen) atoms. The lowest BCUT2D eigenvalue weighted by Gasteiger charge is -2.09. The minimum absolute atomic E-state index is 0.760. The molecule has 0 aliphatic carbocycles. The molecular weight excluding hydrogens is 252 g/mol. The van der Waals surface area contributed by atoms with Gasteiger partial charge in [0.05, 0.1) is 0 Å². The molecule has 0 unspecified atom stereocenters. The summed E-state index contributed by atoms with van der Waals surface area (Å²) in [5, 5.41) is 3.22. The zero-order chi connectivity index (χ0) is 13.2. The van der Waals surface area contributed by atoms with E-state index in [0.717, 1.165) is 10.6 Å². The highest BCUT2D eigenvalue weighted by atomic mass is 35.5. The van der Waals surface area contributed by atoms with Crippen LogP contribution in [-0.4, -0.2) is 0 Å². The largest absolute Gasteiger partial charge is 0.0984 e. The van der Waals surface area contributed by atoms with E-state index in [1.807, 2.05) is 18.2 Å². The molecule has 3 aromatic carbocycles. The average Bonchev–Trinajstić information content (AvgIpc) is 2.47. The van der Waals surface area contributed by atoms with Gasteiger partial charge in [0.2, 0.25) is 0 Å². The molecule has 0 N–H and O–H groups in total. The summed E-state index contributed by atoms with van der Waals surface area (Å²) in [4.78, 5) is 0. The fourth-order valence-electron chi connectivity index (χ4n) is 2.38. The van der Waals surface area contributed by atoms with Crippen LogP contribution < -0.4 is 0 Å². The first kappa shape index (κ1) is 12.0. The summed E-state index contributed by atoms with van der Waals surface area (Å²) in [6.45, 7) is 3.88. The van der Waals surface area contributed by atoms with Crippen LogP contribution in [0.25, 0.3) is 28.0 Å². The minimum Gasteiger partial charge on any atom is -0.0984 e.